The molecule has 1 aromatic carbocycles. The van der Waals surface area contributed by atoms with Crippen LogP contribution in [0.4, 0.5) is 0 Å². The smallest absolute Gasteiger partial charge is 0.153 e. The van der Waals surface area contributed by atoms with Crippen LogP contribution in [0.2, 0.25) is 0 Å². The largest absolute Gasteiger partial charge is 0.317 e. The summed E-state index contributed by atoms with van der Waals surface area (Å²) in [6, 6.07) is 10.1. The van der Waals surface area contributed by atoms with Gasteiger partial charge in [0.15, 0.2) is 9.84 Å². The molecule has 4 heteroatoms. The summed E-state index contributed by atoms with van der Waals surface area (Å²) >= 11 is 0. The van der Waals surface area contributed by atoms with E-state index in [2.05, 4.69) is 17.4 Å². The van der Waals surface area contributed by atoms with Crippen molar-refractivity contribution in [1.29, 1.82) is 0 Å². The first-order valence-electron chi connectivity index (χ1n) is 7.56. The van der Waals surface area contributed by atoms with E-state index in [9.17, 15) is 8.42 Å². The molecule has 2 rings (SSSR count). The van der Waals surface area contributed by atoms with Crippen LogP contribution in [0.1, 0.15) is 31.7 Å². The third-order valence-electron chi connectivity index (χ3n) is 4.35. The van der Waals surface area contributed by atoms with Crippen LogP contribution in [0, 0.1) is 5.92 Å². The number of aryl methyl sites for hydroxylation is 1. The van der Waals surface area contributed by atoms with E-state index in [0.29, 0.717) is 11.7 Å². The minimum Gasteiger partial charge on any atom is -0.317 e. The fourth-order valence-corrected chi connectivity index (χ4v) is 4.69. The molecule has 3 nitrogen and oxygen atoms in total. The molecule has 0 saturated carbocycles. The maximum atomic E-state index is 12.4. The maximum absolute atomic E-state index is 12.4. The molecule has 1 unspecified atom stereocenters. The second kappa shape index (κ2) is 7.23. The minimum atomic E-state index is -2.96. The van der Waals surface area contributed by atoms with Crippen LogP contribution in [0.3, 0.4) is 0 Å². The van der Waals surface area contributed by atoms with Gasteiger partial charge in [-0.05, 0) is 57.2 Å². The maximum Gasteiger partial charge on any atom is 0.153 e. The van der Waals surface area contributed by atoms with Crippen molar-refractivity contribution in [3.63, 3.8) is 0 Å². The van der Waals surface area contributed by atoms with E-state index < -0.39 is 9.84 Å². The van der Waals surface area contributed by atoms with Crippen molar-refractivity contribution in [2.45, 2.75) is 37.9 Å². The van der Waals surface area contributed by atoms with Crippen LogP contribution in [0.15, 0.2) is 30.3 Å². The number of sulfone groups is 1. The summed E-state index contributed by atoms with van der Waals surface area (Å²) in [6.07, 6.45) is 3.54. The Hall–Kier alpha value is -0.870. The lowest BCUT2D eigenvalue weighted by Crippen LogP contribution is -2.37. The normalized spacial score (nSPS) is 18.9. The number of piperidine rings is 1. The molecule has 1 aromatic rings. The molecule has 1 aliphatic heterocycles. The monoisotopic (exact) mass is 295 g/mol. The van der Waals surface area contributed by atoms with Gasteiger partial charge >= 0.3 is 0 Å². The first-order chi connectivity index (χ1) is 9.59. The average Bonchev–Trinajstić information content (AvgIpc) is 2.48. The predicted molar refractivity (Wildman–Crippen MR) is 83.6 cm³/mol. The van der Waals surface area contributed by atoms with E-state index in [1.165, 1.54) is 5.56 Å². The molecule has 0 bridgehead atoms. The van der Waals surface area contributed by atoms with Gasteiger partial charge in [0.25, 0.3) is 0 Å². The first kappa shape index (κ1) is 15.5. The number of rotatable bonds is 6. The molecule has 1 N–H and O–H groups in total. The summed E-state index contributed by atoms with van der Waals surface area (Å²) in [5, 5.41) is 3.10. The summed E-state index contributed by atoms with van der Waals surface area (Å²) in [4.78, 5) is 0. The minimum absolute atomic E-state index is 0.194. The van der Waals surface area contributed by atoms with Crippen molar-refractivity contribution in [2.75, 3.05) is 18.8 Å². The highest BCUT2D eigenvalue weighted by Crippen LogP contribution is 2.23. The van der Waals surface area contributed by atoms with E-state index >= 15 is 0 Å². The average molecular weight is 295 g/mol. The molecule has 0 amide bonds. The Balaban J connectivity index is 1.83. The topological polar surface area (TPSA) is 46.2 Å². The zero-order valence-electron chi connectivity index (χ0n) is 12.2. The van der Waals surface area contributed by atoms with Crippen LogP contribution in [-0.2, 0) is 16.3 Å². The van der Waals surface area contributed by atoms with Crippen molar-refractivity contribution in [1.82, 2.24) is 5.32 Å². The van der Waals surface area contributed by atoms with E-state index in [1.807, 2.05) is 25.1 Å². The van der Waals surface area contributed by atoms with Crippen LogP contribution < -0.4 is 5.32 Å². The van der Waals surface area contributed by atoms with Gasteiger partial charge in [0.2, 0.25) is 0 Å². The van der Waals surface area contributed by atoms with E-state index in [-0.39, 0.29) is 5.25 Å². The lowest BCUT2D eigenvalue weighted by molar-refractivity contribution is 0.363. The fraction of sp³-hybridized carbons (Fsp3) is 0.625. The van der Waals surface area contributed by atoms with Gasteiger partial charge in [-0.3, -0.25) is 0 Å². The van der Waals surface area contributed by atoms with Gasteiger partial charge in [-0.2, -0.15) is 0 Å². The SMILES string of the molecule is CC(C1CCNCC1)S(=O)(=O)CCCc1ccccc1. The molecule has 0 spiro atoms. The summed E-state index contributed by atoms with van der Waals surface area (Å²) in [7, 11) is -2.96. The Labute approximate surface area is 122 Å². The number of hydrogen-bond acceptors (Lipinski definition) is 3. The van der Waals surface area contributed by atoms with Crippen molar-refractivity contribution in [3.05, 3.63) is 35.9 Å². The Morgan fingerprint density at radius 2 is 1.85 bits per heavy atom. The third-order valence-corrected chi connectivity index (χ3v) is 6.73. The highest BCUT2D eigenvalue weighted by Gasteiger charge is 2.29. The Morgan fingerprint density at radius 3 is 2.50 bits per heavy atom. The molecule has 0 radical (unpaired) electrons. The second-order valence-electron chi connectivity index (χ2n) is 5.75. The zero-order chi connectivity index (χ0) is 14.4. The van der Waals surface area contributed by atoms with Gasteiger partial charge in [0.1, 0.15) is 0 Å². The van der Waals surface area contributed by atoms with Gasteiger partial charge in [0, 0.05) is 0 Å². The summed E-state index contributed by atoms with van der Waals surface area (Å²) in [6.45, 7) is 3.80. The molecular formula is C16H25NO2S. The number of hydrogen-bond donors (Lipinski definition) is 1. The van der Waals surface area contributed by atoms with Gasteiger partial charge in [-0.1, -0.05) is 30.3 Å². The Kier molecular flexibility index (Phi) is 5.61. The van der Waals surface area contributed by atoms with Crippen molar-refractivity contribution >= 4 is 9.84 Å². The van der Waals surface area contributed by atoms with Gasteiger partial charge in [-0.25, -0.2) is 8.42 Å². The summed E-state index contributed by atoms with van der Waals surface area (Å²) < 4.78 is 24.8. The number of nitrogens with one attached hydrogen (secondary N) is 1. The van der Waals surface area contributed by atoms with Gasteiger partial charge < -0.3 is 5.32 Å². The highest BCUT2D eigenvalue weighted by molar-refractivity contribution is 7.92. The van der Waals surface area contributed by atoms with Gasteiger partial charge in [-0.15, -0.1) is 0 Å². The zero-order valence-corrected chi connectivity index (χ0v) is 13.0. The van der Waals surface area contributed by atoms with Crippen molar-refractivity contribution in [3.8, 4) is 0 Å². The molecule has 0 aliphatic carbocycles. The standard InChI is InChI=1S/C16H25NO2S/c1-14(16-9-11-17-12-10-16)20(18,19)13-5-8-15-6-3-2-4-7-15/h2-4,6-7,14,16-17H,5,8-13H2,1H3. The van der Waals surface area contributed by atoms with E-state index in [1.54, 1.807) is 0 Å². The van der Waals surface area contributed by atoms with Crippen LogP contribution >= 0.6 is 0 Å². The van der Waals surface area contributed by atoms with Gasteiger partial charge in [0.05, 0.1) is 11.0 Å². The third kappa shape index (κ3) is 4.32. The molecular weight excluding hydrogens is 270 g/mol. The molecule has 1 atom stereocenters. The summed E-state index contributed by atoms with van der Waals surface area (Å²) in [5.41, 5.74) is 1.22. The Morgan fingerprint density at radius 1 is 1.20 bits per heavy atom. The van der Waals surface area contributed by atoms with Crippen molar-refractivity contribution in [2.24, 2.45) is 5.92 Å². The highest BCUT2D eigenvalue weighted by atomic mass is 32.2. The molecule has 1 saturated heterocycles. The summed E-state index contributed by atoms with van der Waals surface area (Å²) in [5.74, 6) is 0.644. The lowest BCUT2D eigenvalue weighted by atomic mass is 9.95. The van der Waals surface area contributed by atoms with Crippen LogP contribution in [0.25, 0.3) is 0 Å². The van der Waals surface area contributed by atoms with Crippen molar-refractivity contribution < 1.29 is 8.42 Å². The lowest BCUT2D eigenvalue weighted by Gasteiger charge is -2.28. The van der Waals surface area contributed by atoms with Crippen LogP contribution in [-0.4, -0.2) is 32.5 Å². The number of benzene rings is 1. The Bertz CT molecular complexity index is 492. The molecule has 112 valence electrons. The fourth-order valence-electron chi connectivity index (χ4n) is 2.91. The molecule has 1 aliphatic rings. The quantitative estimate of drug-likeness (QED) is 0.876. The molecule has 20 heavy (non-hydrogen) atoms. The molecule has 0 aromatic heterocycles. The molecule has 1 heterocycles. The van der Waals surface area contributed by atoms with E-state index in [0.717, 1.165) is 38.8 Å². The van der Waals surface area contributed by atoms with Crippen LogP contribution in [0.5, 0.6) is 0 Å². The van der Waals surface area contributed by atoms with E-state index in [4.69, 9.17) is 0 Å². The second-order valence-corrected chi connectivity index (χ2v) is 8.23. The molecule has 1 fully saturated rings. The first-order valence-corrected chi connectivity index (χ1v) is 9.27. The predicted octanol–water partition coefficient (Wildman–Crippen LogP) is 2.42.